The van der Waals surface area contributed by atoms with Crippen LogP contribution in [0.25, 0.3) is 0 Å². The van der Waals surface area contributed by atoms with Crippen LogP contribution in [0.5, 0.6) is 0 Å². The zero-order valence-corrected chi connectivity index (χ0v) is 7.34. The SMILES string of the molecule is O=C(O)c1onc(NC2CC2)c1Cl. The topological polar surface area (TPSA) is 75.4 Å². The van der Waals surface area contributed by atoms with Gasteiger partial charge in [0.2, 0.25) is 0 Å². The standard InChI is InChI=1S/C7H7ClN2O3/c8-4-5(7(11)12)13-10-6(4)9-3-1-2-3/h3H,1-2H2,(H,9,10)(H,11,12). The maximum absolute atomic E-state index is 10.5. The lowest BCUT2D eigenvalue weighted by molar-refractivity contribution is 0.0652. The Labute approximate surface area is 78.7 Å². The van der Waals surface area contributed by atoms with Crippen molar-refractivity contribution in [3.8, 4) is 0 Å². The number of aromatic nitrogens is 1. The van der Waals surface area contributed by atoms with E-state index in [0.717, 1.165) is 12.8 Å². The fourth-order valence-corrected chi connectivity index (χ4v) is 1.13. The summed E-state index contributed by atoms with van der Waals surface area (Å²) < 4.78 is 4.54. The van der Waals surface area contributed by atoms with Crippen molar-refractivity contribution >= 4 is 23.4 Å². The Morgan fingerprint density at radius 2 is 2.38 bits per heavy atom. The average Bonchev–Trinajstić information content (AvgIpc) is 2.78. The number of rotatable bonds is 3. The molecule has 1 aliphatic carbocycles. The molecule has 0 radical (unpaired) electrons. The third-order valence-corrected chi connectivity index (χ3v) is 2.10. The highest BCUT2D eigenvalue weighted by Gasteiger charge is 2.26. The largest absolute Gasteiger partial charge is 0.475 e. The number of halogens is 1. The Morgan fingerprint density at radius 3 is 2.85 bits per heavy atom. The van der Waals surface area contributed by atoms with Crippen molar-refractivity contribution in [1.82, 2.24) is 5.16 Å². The number of carboxylic acids is 1. The normalized spacial score (nSPS) is 15.8. The summed E-state index contributed by atoms with van der Waals surface area (Å²) in [6, 6.07) is 0.365. The lowest BCUT2D eigenvalue weighted by Gasteiger charge is -1.96. The number of carboxylic acid groups (broad SMARTS) is 1. The molecule has 1 fully saturated rings. The molecule has 0 spiro atoms. The van der Waals surface area contributed by atoms with Gasteiger partial charge >= 0.3 is 5.97 Å². The van der Waals surface area contributed by atoms with Crippen LogP contribution < -0.4 is 5.32 Å². The molecular formula is C7H7ClN2O3. The Balaban J connectivity index is 2.21. The van der Waals surface area contributed by atoms with Crippen LogP contribution in [-0.4, -0.2) is 22.3 Å². The van der Waals surface area contributed by atoms with Crippen molar-refractivity contribution < 1.29 is 14.4 Å². The minimum Gasteiger partial charge on any atom is -0.475 e. The van der Waals surface area contributed by atoms with Crippen LogP contribution >= 0.6 is 11.6 Å². The van der Waals surface area contributed by atoms with Crippen LogP contribution in [0, 0.1) is 0 Å². The summed E-state index contributed by atoms with van der Waals surface area (Å²) in [6.07, 6.45) is 2.12. The molecule has 1 aliphatic rings. The quantitative estimate of drug-likeness (QED) is 0.779. The molecule has 13 heavy (non-hydrogen) atoms. The van der Waals surface area contributed by atoms with Gasteiger partial charge in [0.25, 0.3) is 5.76 Å². The van der Waals surface area contributed by atoms with E-state index in [2.05, 4.69) is 15.0 Å². The van der Waals surface area contributed by atoms with Gasteiger partial charge in [-0.05, 0) is 12.8 Å². The molecule has 70 valence electrons. The number of nitrogens with one attached hydrogen (secondary N) is 1. The summed E-state index contributed by atoms with van der Waals surface area (Å²) in [7, 11) is 0. The van der Waals surface area contributed by atoms with Crippen molar-refractivity contribution in [3.63, 3.8) is 0 Å². The van der Waals surface area contributed by atoms with Crippen molar-refractivity contribution in [2.75, 3.05) is 5.32 Å². The molecule has 1 saturated carbocycles. The van der Waals surface area contributed by atoms with Crippen LogP contribution in [0.3, 0.4) is 0 Å². The lowest BCUT2D eigenvalue weighted by atomic mass is 10.4. The van der Waals surface area contributed by atoms with E-state index in [-0.39, 0.29) is 10.8 Å². The smallest absolute Gasteiger partial charge is 0.376 e. The van der Waals surface area contributed by atoms with Crippen LogP contribution in [0.15, 0.2) is 4.52 Å². The van der Waals surface area contributed by atoms with Crippen molar-refractivity contribution in [2.24, 2.45) is 0 Å². The first kappa shape index (κ1) is 8.37. The zero-order valence-electron chi connectivity index (χ0n) is 6.58. The molecule has 1 aromatic rings. The molecule has 0 bridgehead atoms. The molecule has 5 nitrogen and oxygen atoms in total. The first-order valence-corrected chi connectivity index (χ1v) is 4.21. The molecule has 0 amide bonds. The second-order valence-electron chi connectivity index (χ2n) is 2.90. The number of aromatic carboxylic acids is 1. The van der Waals surface area contributed by atoms with Gasteiger partial charge in [0, 0.05) is 6.04 Å². The van der Waals surface area contributed by atoms with Gasteiger partial charge in [-0.25, -0.2) is 4.79 Å². The molecule has 0 unspecified atom stereocenters. The Kier molecular flexibility index (Phi) is 1.88. The van der Waals surface area contributed by atoms with E-state index in [4.69, 9.17) is 16.7 Å². The van der Waals surface area contributed by atoms with Gasteiger partial charge in [0.05, 0.1) is 0 Å². The van der Waals surface area contributed by atoms with Crippen LogP contribution in [0.2, 0.25) is 5.02 Å². The molecular weight excluding hydrogens is 196 g/mol. The van der Waals surface area contributed by atoms with Crippen molar-refractivity contribution in [1.29, 1.82) is 0 Å². The highest BCUT2D eigenvalue weighted by Crippen LogP contribution is 2.30. The second kappa shape index (κ2) is 2.92. The number of nitrogens with zero attached hydrogens (tertiary/aromatic N) is 1. The molecule has 1 aromatic heterocycles. The van der Waals surface area contributed by atoms with E-state index in [9.17, 15) is 4.79 Å². The fraction of sp³-hybridized carbons (Fsp3) is 0.429. The average molecular weight is 203 g/mol. The van der Waals surface area contributed by atoms with Crippen molar-refractivity contribution in [2.45, 2.75) is 18.9 Å². The summed E-state index contributed by atoms with van der Waals surface area (Å²) in [4.78, 5) is 10.5. The molecule has 0 saturated heterocycles. The third kappa shape index (κ3) is 1.60. The van der Waals surface area contributed by atoms with Gasteiger partial charge in [-0.15, -0.1) is 0 Å². The number of hydrogen-bond acceptors (Lipinski definition) is 4. The summed E-state index contributed by atoms with van der Waals surface area (Å²) >= 11 is 5.69. The summed E-state index contributed by atoms with van der Waals surface area (Å²) in [5, 5.41) is 15.1. The van der Waals surface area contributed by atoms with E-state index >= 15 is 0 Å². The zero-order chi connectivity index (χ0) is 9.42. The van der Waals surface area contributed by atoms with Crippen LogP contribution in [-0.2, 0) is 0 Å². The predicted molar refractivity (Wildman–Crippen MR) is 45.1 cm³/mol. The second-order valence-corrected chi connectivity index (χ2v) is 3.28. The van der Waals surface area contributed by atoms with Crippen LogP contribution in [0.4, 0.5) is 5.82 Å². The number of carbonyl (C=O) groups is 1. The predicted octanol–water partition coefficient (Wildman–Crippen LogP) is 1.60. The molecule has 0 aliphatic heterocycles. The molecule has 2 N–H and O–H groups in total. The van der Waals surface area contributed by atoms with E-state index in [1.807, 2.05) is 0 Å². The summed E-state index contributed by atoms with van der Waals surface area (Å²) in [5.74, 6) is -1.20. The van der Waals surface area contributed by atoms with Gasteiger partial charge in [0.15, 0.2) is 5.82 Å². The number of anilines is 1. The van der Waals surface area contributed by atoms with Gasteiger partial charge in [-0.3, -0.25) is 0 Å². The minimum atomic E-state index is -1.21. The molecule has 2 rings (SSSR count). The highest BCUT2D eigenvalue weighted by molar-refractivity contribution is 6.35. The third-order valence-electron chi connectivity index (χ3n) is 1.75. The Bertz CT molecular complexity index is 346. The summed E-state index contributed by atoms with van der Waals surface area (Å²) in [5.41, 5.74) is 0. The van der Waals surface area contributed by atoms with E-state index in [1.54, 1.807) is 0 Å². The molecule has 0 atom stereocenters. The van der Waals surface area contributed by atoms with Gasteiger partial charge in [0.1, 0.15) is 5.02 Å². The van der Waals surface area contributed by atoms with E-state index in [0.29, 0.717) is 11.9 Å². The number of hydrogen-bond donors (Lipinski definition) is 2. The highest BCUT2D eigenvalue weighted by atomic mass is 35.5. The monoisotopic (exact) mass is 202 g/mol. The summed E-state index contributed by atoms with van der Waals surface area (Å²) in [6.45, 7) is 0. The fourth-order valence-electron chi connectivity index (χ4n) is 0.923. The van der Waals surface area contributed by atoms with Gasteiger partial charge in [-0.1, -0.05) is 16.8 Å². The molecule has 1 heterocycles. The molecule has 0 aromatic carbocycles. The van der Waals surface area contributed by atoms with Crippen LogP contribution in [0.1, 0.15) is 23.4 Å². The maximum atomic E-state index is 10.5. The van der Waals surface area contributed by atoms with Crippen molar-refractivity contribution in [3.05, 3.63) is 10.8 Å². The minimum absolute atomic E-state index is 0.0411. The Morgan fingerprint density at radius 1 is 1.69 bits per heavy atom. The molecule has 6 heteroatoms. The van der Waals surface area contributed by atoms with E-state index < -0.39 is 5.97 Å². The van der Waals surface area contributed by atoms with Gasteiger partial charge < -0.3 is 14.9 Å². The maximum Gasteiger partial charge on any atom is 0.376 e. The Hall–Kier alpha value is -1.23. The van der Waals surface area contributed by atoms with Gasteiger partial charge in [-0.2, -0.15) is 0 Å². The lowest BCUT2D eigenvalue weighted by Crippen LogP contribution is -2.01. The van der Waals surface area contributed by atoms with E-state index in [1.165, 1.54) is 0 Å². The first-order valence-electron chi connectivity index (χ1n) is 3.83. The first-order chi connectivity index (χ1) is 6.18.